The van der Waals surface area contributed by atoms with Crippen LogP contribution in [0.5, 0.6) is 0 Å². The van der Waals surface area contributed by atoms with E-state index in [1.54, 1.807) is 18.2 Å². The second-order valence-corrected chi connectivity index (χ2v) is 4.44. The summed E-state index contributed by atoms with van der Waals surface area (Å²) in [5, 5.41) is 0. The molecule has 5 heteroatoms. The Balaban J connectivity index is 2.45. The van der Waals surface area contributed by atoms with Gasteiger partial charge < -0.3 is 0 Å². The van der Waals surface area contributed by atoms with E-state index in [4.69, 9.17) is 0 Å². The smallest absolute Gasteiger partial charge is 0.263 e. The molecule has 1 heterocycles. The highest BCUT2D eigenvalue weighted by molar-refractivity contribution is 9.10. The van der Waals surface area contributed by atoms with Crippen LogP contribution in [0.2, 0.25) is 0 Å². The number of benzene rings is 1. The van der Waals surface area contributed by atoms with Crippen LogP contribution in [0.25, 0.3) is 0 Å². The molecule has 18 heavy (non-hydrogen) atoms. The number of hydrogen-bond acceptors (Lipinski definition) is 2. The van der Waals surface area contributed by atoms with Crippen LogP contribution in [-0.4, -0.2) is 10.8 Å². The molecule has 1 aromatic heterocycles. The number of hydrogen-bond donors (Lipinski definition) is 0. The van der Waals surface area contributed by atoms with Gasteiger partial charge in [-0.2, -0.15) is 0 Å². The zero-order chi connectivity index (χ0) is 13.1. The van der Waals surface area contributed by atoms with Gasteiger partial charge in [0.1, 0.15) is 5.69 Å². The zero-order valence-electron chi connectivity index (χ0n) is 9.11. The second-order valence-electron chi connectivity index (χ2n) is 3.58. The van der Waals surface area contributed by atoms with Gasteiger partial charge in [0.15, 0.2) is 0 Å². The Kier molecular flexibility index (Phi) is 3.81. The van der Waals surface area contributed by atoms with Gasteiger partial charge >= 0.3 is 0 Å². The number of alkyl halides is 2. The average molecular weight is 312 g/mol. The van der Waals surface area contributed by atoms with Gasteiger partial charge in [0.05, 0.1) is 0 Å². The largest absolute Gasteiger partial charge is 0.287 e. The number of aromatic nitrogens is 1. The van der Waals surface area contributed by atoms with Crippen LogP contribution in [0.1, 0.15) is 28.0 Å². The molecule has 0 aliphatic rings. The normalized spacial score (nSPS) is 10.7. The lowest BCUT2D eigenvalue weighted by molar-refractivity contribution is 0.103. The van der Waals surface area contributed by atoms with Crippen molar-refractivity contribution in [2.45, 2.75) is 6.43 Å². The summed E-state index contributed by atoms with van der Waals surface area (Å²) in [6.07, 6.45) is -1.12. The molecule has 0 saturated carbocycles. The van der Waals surface area contributed by atoms with E-state index in [9.17, 15) is 13.6 Å². The van der Waals surface area contributed by atoms with Crippen molar-refractivity contribution in [3.63, 3.8) is 0 Å². The molecular formula is C13H8BrF2NO. The molecule has 0 fully saturated rings. The Morgan fingerprint density at radius 3 is 2.61 bits per heavy atom. The molecule has 0 atom stereocenters. The predicted molar refractivity (Wildman–Crippen MR) is 66.8 cm³/mol. The van der Waals surface area contributed by atoms with Gasteiger partial charge in [-0.15, -0.1) is 0 Å². The van der Waals surface area contributed by atoms with Crippen molar-refractivity contribution in [2.75, 3.05) is 0 Å². The highest BCUT2D eigenvalue weighted by Crippen LogP contribution is 2.26. The van der Waals surface area contributed by atoms with Crippen molar-refractivity contribution in [3.8, 4) is 0 Å². The van der Waals surface area contributed by atoms with Gasteiger partial charge in [0, 0.05) is 21.8 Å². The predicted octanol–water partition coefficient (Wildman–Crippen LogP) is 4.01. The van der Waals surface area contributed by atoms with Gasteiger partial charge in [-0.1, -0.05) is 28.1 Å². The Labute approximate surface area is 111 Å². The Morgan fingerprint density at radius 2 is 2.00 bits per heavy atom. The van der Waals surface area contributed by atoms with Crippen LogP contribution in [-0.2, 0) is 0 Å². The Morgan fingerprint density at radius 1 is 1.22 bits per heavy atom. The molecule has 2 aromatic rings. The lowest BCUT2D eigenvalue weighted by atomic mass is 10.0. The molecule has 0 bridgehead atoms. The summed E-state index contributed by atoms with van der Waals surface area (Å²) in [7, 11) is 0. The number of carbonyl (C=O) groups excluding carboxylic acids is 1. The van der Waals surface area contributed by atoms with Crippen LogP contribution in [0.15, 0.2) is 47.1 Å². The summed E-state index contributed by atoms with van der Waals surface area (Å²) in [4.78, 5) is 16.0. The summed E-state index contributed by atoms with van der Waals surface area (Å²) >= 11 is 3.18. The maximum atomic E-state index is 12.6. The third kappa shape index (κ3) is 2.61. The molecule has 2 nitrogen and oxygen atoms in total. The maximum absolute atomic E-state index is 12.6. The molecule has 2 rings (SSSR count). The molecular weight excluding hydrogens is 304 g/mol. The first-order chi connectivity index (χ1) is 8.59. The minimum absolute atomic E-state index is 0.183. The molecule has 0 radical (unpaired) electrons. The number of pyridine rings is 1. The van der Waals surface area contributed by atoms with Crippen molar-refractivity contribution in [2.24, 2.45) is 0 Å². The van der Waals surface area contributed by atoms with Crippen molar-refractivity contribution in [1.29, 1.82) is 0 Å². The van der Waals surface area contributed by atoms with Crippen LogP contribution in [0.4, 0.5) is 8.78 Å². The highest BCUT2D eigenvalue weighted by atomic mass is 79.9. The first-order valence-corrected chi connectivity index (χ1v) is 5.92. The average Bonchev–Trinajstić information content (AvgIpc) is 2.39. The Bertz CT molecular complexity index is 572. The summed E-state index contributed by atoms with van der Waals surface area (Å²) < 4.78 is 25.7. The third-order valence-electron chi connectivity index (χ3n) is 2.38. The van der Waals surface area contributed by atoms with E-state index in [2.05, 4.69) is 20.9 Å². The van der Waals surface area contributed by atoms with Crippen molar-refractivity contribution in [3.05, 3.63) is 63.9 Å². The molecule has 0 aliphatic carbocycles. The summed E-state index contributed by atoms with van der Waals surface area (Å²) in [6.45, 7) is 0. The summed E-state index contributed by atoms with van der Waals surface area (Å²) in [6, 6.07) is 8.81. The number of rotatable bonds is 3. The fourth-order valence-corrected chi connectivity index (χ4v) is 1.91. The zero-order valence-corrected chi connectivity index (χ0v) is 10.7. The fourth-order valence-electron chi connectivity index (χ4n) is 1.49. The first kappa shape index (κ1) is 12.8. The number of ketones is 1. The summed E-state index contributed by atoms with van der Waals surface area (Å²) in [5.74, 6) is -0.384. The topological polar surface area (TPSA) is 30.0 Å². The molecule has 0 aliphatic heterocycles. The van der Waals surface area contributed by atoms with E-state index in [-0.39, 0.29) is 22.6 Å². The number of nitrogens with zero attached hydrogens (tertiary/aromatic N) is 1. The standard InChI is InChI=1S/C13H8BrF2NO/c14-10-5-4-8(13(15)16)7-9(10)12(18)11-3-1-2-6-17-11/h1-7,13H. The number of halogens is 3. The van der Waals surface area contributed by atoms with Crippen LogP contribution >= 0.6 is 15.9 Å². The fraction of sp³-hybridized carbons (Fsp3) is 0.0769. The van der Waals surface area contributed by atoms with E-state index >= 15 is 0 Å². The van der Waals surface area contributed by atoms with Crippen molar-refractivity contribution >= 4 is 21.7 Å². The van der Waals surface area contributed by atoms with Gasteiger partial charge in [-0.3, -0.25) is 9.78 Å². The molecule has 0 amide bonds. The van der Waals surface area contributed by atoms with Gasteiger partial charge in [0.2, 0.25) is 5.78 Å². The highest BCUT2D eigenvalue weighted by Gasteiger charge is 2.16. The van der Waals surface area contributed by atoms with Gasteiger partial charge in [0.25, 0.3) is 6.43 Å². The maximum Gasteiger partial charge on any atom is 0.263 e. The molecule has 0 unspecified atom stereocenters. The Hall–Kier alpha value is -1.62. The molecule has 0 spiro atoms. The van der Waals surface area contributed by atoms with Crippen molar-refractivity contribution in [1.82, 2.24) is 4.98 Å². The molecule has 0 saturated heterocycles. The molecule has 1 aromatic carbocycles. The minimum Gasteiger partial charge on any atom is -0.287 e. The summed E-state index contributed by atoms with van der Waals surface area (Å²) in [5.41, 5.74) is 0.230. The molecule has 92 valence electrons. The monoisotopic (exact) mass is 311 g/mol. The van der Waals surface area contributed by atoms with Crippen LogP contribution in [0, 0.1) is 0 Å². The van der Waals surface area contributed by atoms with Gasteiger partial charge in [-0.25, -0.2) is 8.78 Å². The lowest BCUT2D eigenvalue weighted by Gasteiger charge is -2.06. The van der Waals surface area contributed by atoms with E-state index < -0.39 is 6.43 Å². The first-order valence-electron chi connectivity index (χ1n) is 5.13. The van der Waals surface area contributed by atoms with E-state index in [1.807, 2.05) is 0 Å². The quantitative estimate of drug-likeness (QED) is 0.802. The third-order valence-corrected chi connectivity index (χ3v) is 3.08. The SMILES string of the molecule is O=C(c1ccccn1)c1cc(C(F)F)ccc1Br. The van der Waals surface area contributed by atoms with Crippen molar-refractivity contribution < 1.29 is 13.6 Å². The van der Waals surface area contributed by atoms with Crippen LogP contribution < -0.4 is 0 Å². The van der Waals surface area contributed by atoms with Crippen LogP contribution in [0.3, 0.4) is 0 Å². The van der Waals surface area contributed by atoms with E-state index in [0.29, 0.717) is 4.47 Å². The van der Waals surface area contributed by atoms with E-state index in [1.165, 1.54) is 24.4 Å². The minimum atomic E-state index is -2.60. The van der Waals surface area contributed by atoms with Gasteiger partial charge in [-0.05, 0) is 24.3 Å². The second kappa shape index (κ2) is 5.35. The van der Waals surface area contributed by atoms with E-state index in [0.717, 1.165) is 0 Å². The lowest BCUT2D eigenvalue weighted by Crippen LogP contribution is -2.05. The number of carbonyl (C=O) groups is 1. The molecule has 0 N–H and O–H groups in total.